The van der Waals surface area contributed by atoms with Crippen LogP contribution >= 0.6 is 11.6 Å². The fourth-order valence-electron chi connectivity index (χ4n) is 3.97. The molecule has 1 fully saturated rings. The van der Waals surface area contributed by atoms with Crippen molar-refractivity contribution in [2.75, 3.05) is 31.1 Å². The lowest BCUT2D eigenvalue weighted by atomic mass is 10.1. The second-order valence-corrected chi connectivity index (χ2v) is 8.07. The van der Waals surface area contributed by atoms with E-state index in [2.05, 4.69) is 9.97 Å². The molecule has 0 bridgehead atoms. The molecule has 4 rings (SSSR count). The summed E-state index contributed by atoms with van der Waals surface area (Å²) in [5, 5.41) is 0.589. The minimum Gasteiger partial charge on any atom is -0.358 e. The van der Waals surface area contributed by atoms with Gasteiger partial charge in [-0.05, 0) is 25.5 Å². The Balaban J connectivity index is 1.50. The Bertz CT molecular complexity index is 1190. The molecule has 0 saturated carbocycles. The van der Waals surface area contributed by atoms with Gasteiger partial charge in [0, 0.05) is 49.0 Å². The first-order valence-corrected chi connectivity index (χ1v) is 10.4. The average molecular weight is 465 g/mol. The van der Waals surface area contributed by atoms with Crippen molar-refractivity contribution in [3.05, 3.63) is 58.4 Å². The number of pyridine rings is 1. The largest absolute Gasteiger partial charge is 0.417 e. The molecule has 6 nitrogen and oxygen atoms in total. The van der Waals surface area contributed by atoms with E-state index in [1.165, 1.54) is 4.90 Å². The molecule has 1 saturated heterocycles. The monoisotopic (exact) mass is 464 g/mol. The maximum atomic E-state index is 13.0. The number of halogens is 4. The molecular formula is C22H20ClF3N4O2. The van der Waals surface area contributed by atoms with Gasteiger partial charge >= 0.3 is 6.18 Å². The summed E-state index contributed by atoms with van der Waals surface area (Å²) < 4.78 is 38.6. The van der Waals surface area contributed by atoms with E-state index in [4.69, 9.17) is 11.6 Å². The standard InChI is InChI=1S/C22H20ClF3N4O2/c1-13-18(15-5-2-3-6-17(15)28-13)19(31)21(32)30-8-4-7-29(9-10-30)20-16(23)11-14(12-27-20)22(24,25)26/h2-3,5-6,11-12,28H,4,7-10H2,1H3. The maximum Gasteiger partial charge on any atom is 0.417 e. The van der Waals surface area contributed by atoms with E-state index in [1.807, 2.05) is 18.2 Å². The molecule has 168 valence electrons. The van der Waals surface area contributed by atoms with Gasteiger partial charge < -0.3 is 14.8 Å². The number of fused-ring (bicyclic) bond motifs is 1. The van der Waals surface area contributed by atoms with Crippen molar-refractivity contribution >= 4 is 40.0 Å². The molecule has 0 atom stereocenters. The fourth-order valence-corrected chi connectivity index (χ4v) is 4.26. The van der Waals surface area contributed by atoms with Crippen LogP contribution in [0.25, 0.3) is 10.9 Å². The Morgan fingerprint density at radius 3 is 2.59 bits per heavy atom. The van der Waals surface area contributed by atoms with Gasteiger partial charge in [0.15, 0.2) is 0 Å². The number of rotatable bonds is 3. The molecule has 0 radical (unpaired) electrons. The number of Topliss-reactive ketones (excluding diaryl/α,β-unsaturated/α-hetero) is 1. The number of nitrogens with one attached hydrogen (secondary N) is 1. The second-order valence-electron chi connectivity index (χ2n) is 7.66. The van der Waals surface area contributed by atoms with Gasteiger partial charge in [0.1, 0.15) is 5.82 Å². The third-order valence-corrected chi connectivity index (χ3v) is 5.82. The Kier molecular flexibility index (Phi) is 5.85. The van der Waals surface area contributed by atoms with Crippen molar-refractivity contribution < 1.29 is 22.8 Å². The number of benzene rings is 1. The van der Waals surface area contributed by atoms with Crippen LogP contribution < -0.4 is 4.90 Å². The third kappa shape index (κ3) is 4.17. The van der Waals surface area contributed by atoms with E-state index >= 15 is 0 Å². The number of aryl methyl sites for hydroxylation is 1. The number of amides is 1. The van der Waals surface area contributed by atoms with Gasteiger partial charge in [0.25, 0.3) is 11.7 Å². The second kappa shape index (κ2) is 8.46. The Labute approximate surface area is 187 Å². The molecule has 1 aromatic carbocycles. The van der Waals surface area contributed by atoms with Gasteiger partial charge in [-0.25, -0.2) is 4.98 Å². The normalized spacial score (nSPS) is 15.2. The molecule has 32 heavy (non-hydrogen) atoms. The van der Waals surface area contributed by atoms with Crippen LogP contribution in [0.3, 0.4) is 0 Å². The molecule has 1 aliphatic heterocycles. The molecule has 10 heteroatoms. The lowest BCUT2D eigenvalue weighted by molar-refractivity contribution is -0.137. The molecule has 2 aromatic heterocycles. The Morgan fingerprint density at radius 1 is 1.12 bits per heavy atom. The van der Waals surface area contributed by atoms with Crippen molar-refractivity contribution in [1.29, 1.82) is 0 Å². The molecule has 0 spiro atoms. The van der Waals surface area contributed by atoms with Crippen LogP contribution in [0.15, 0.2) is 36.5 Å². The predicted octanol–water partition coefficient (Wildman–Crippen LogP) is 4.47. The first kappa shape index (κ1) is 22.1. The highest BCUT2D eigenvalue weighted by Crippen LogP contribution is 2.33. The number of H-pyrrole nitrogens is 1. The number of alkyl halides is 3. The van der Waals surface area contributed by atoms with Crippen molar-refractivity contribution in [2.24, 2.45) is 0 Å². The fraction of sp³-hybridized carbons (Fsp3) is 0.318. The number of hydrogen-bond donors (Lipinski definition) is 1. The number of aromatic amines is 1. The van der Waals surface area contributed by atoms with Crippen LogP contribution in [0.2, 0.25) is 5.02 Å². The molecular weight excluding hydrogens is 445 g/mol. The van der Waals surface area contributed by atoms with E-state index in [0.29, 0.717) is 42.7 Å². The van der Waals surface area contributed by atoms with Crippen LogP contribution in [-0.4, -0.2) is 52.7 Å². The highest BCUT2D eigenvalue weighted by atomic mass is 35.5. The van der Waals surface area contributed by atoms with Gasteiger partial charge in [0.2, 0.25) is 0 Å². The lowest BCUT2D eigenvalue weighted by Crippen LogP contribution is -2.39. The molecule has 0 aliphatic carbocycles. The first-order chi connectivity index (χ1) is 15.2. The number of aromatic nitrogens is 2. The van der Waals surface area contributed by atoms with Crippen molar-refractivity contribution in [3.8, 4) is 0 Å². The summed E-state index contributed by atoms with van der Waals surface area (Å²) in [5.41, 5.74) is 0.852. The minimum atomic E-state index is -4.53. The molecule has 1 N–H and O–H groups in total. The van der Waals surface area contributed by atoms with E-state index in [0.717, 1.165) is 17.8 Å². The summed E-state index contributed by atoms with van der Waals surface area (Å²) >= 11 is 6.07. The van der Waals surface area contributed by atoms with Gasteiger partial charge in [-0.2, -0.15) is 13.2 Å². The summed E-state index contributed by atoms with van der Waals surface area (Å²) in [6.45, 7) is 3.07. The highest BCUT2D eigenvalue weighted by Gasteiger charge is 2.33. The molecule has 1 amide bonds. The van der Waals surface area contributed by atoms with Crippen molar-refractivity contribution in [3.63, 3.8) is 0 Å². The van der Waals surface area contributed by atoms with Crippen molar-refractivity contribution in [2.45, 2.75) is 19.5 Å². The molecule has 3 heterocycles. The van der Waals surface area contributed by atoms with Gasteiger partial charge in [0.05, 0.1) is 16.1 Å². The van der Waals surface area contributed by atoms with Gasteiger partial charge in [-0.1, -0.05) is 29.8 Å². The zero-order chi connectivity index (χ0) is 23.0. The Hall–Kier alpha value is -3.07. The van der Waals surface area contributed by atoms with Crippen LogP contribution in [0, 0.1) is 6.92 Å². The average Bonchev–Trinajstić information content (AvgIpc) is 2.91. The smallest absolute Gasteiger partial charge is 0.358 e. The summed E-state index contributed by atoms with van der Waals surface area (Å²) in [4.78, 5) is 36.2. The summed E-state index contributed by atoms with van der Waals surface area (Å²) in [6, 6.07) is 8.14. The zero-order valence-corrected chi connectivity index (χ0v) is 17.9. The van der Waals surface area contributed by atoms with E-state index in [-0.39, 0.29) is 17.4 Å². The maximum absolute atomic E-state index is 13.0. The van der Waals surface area contributed by atoms with Crippen LogP contribution in [0.1, 0.15) is 28.0 Å². The number of carbonyl (C=O) groups is 2. The lowest BCUT2D eigenvalue weighted by Gasteiger charge is -2.23. The number of ketones is 1. The Morgan fingerprint density at radius 2 is 1.88 bits per heavy atom. The highest BCUT2D eigenvalue weighted by molar-refractivity contribution is 6.45. The van der Waals surface area contributed by atoms with E-state index in [9.17, 15) is 22.8 Å². The summed E-state index contributed by atoms with van der Waals surface area (Å²) in [5.74, 6) is -0.960. The van der Waals surface area contributed by atoms with Crippen LogP contribution in [-0.2, 0) is 11.0 Å². The zero-order valence-electron chi connectivity index (χ0n) is 17.2. The quantitative estimate of drug-likeness (QED) is 0.459. The topological polar surface area (TPSA) is 69.3 Å². The van der Waals surface area contributed by atoms with Crippen LogP contribution in [0.5, 0.6) is 0 Å². The SMILES string of the molecule is Cc1[nH]c2ccccc2c1C(=O)C(=O)N1CCCN(c2ncc(C(F)(F)F)cc2Cl)CC1. The van der Waals surface area contributed by atoms with Crippen LogP contribution in [0.4, 0.5) is 19.0 Å². The van der Waals surface area contributed by atoms with E-state index in [1.54, 1.807) is 17.9 Å². The van der Waals surface area contributed by atoms with Gasteiger partial charge in [-0.15, -0.1) is 0 Å². The third-order valence-electron chi connectivity index (χ3n) is 5.55. The molecule has 1 aliphatic rings. The summed E-state index contributed by atoms with van der Waals surface area (Å²) in [7, 11) is 0. The van der Waals surface area contributed by atoms with Crippen molar-refractivity contribution in [1.82, 2.24) is 14.9 Å². The first-order valence-electron chi connectivity index (χ1n) is 10.1. The number of para-hydroxylation sites is 1. The number of anilines is 1. The van der Waals surface area contributed by atoms with Gasteiger partial charge in [-0.3, -0.25) is 9.59 Å². The number of carbonyl (C=O) groups excluding carboxylic acids is 2. The molecule has 0 unspecified atom stereocenters. The number of nitrogens with zero attached hydrogens (tertiary/aromatic N) is 3. The molecule has 3 aromatic rings. The number of hydrogen-bond acceptors (Lipinski definition) is 4. The van der Waals surface area contributed by atoms with E-state index < -0.39 is 23.4 Å². The predicted molar refractivity (Wildman–Crippen MR) is 115 cm³/mol. The summed E-state index contributed by atoms with van der Waals surface area (Å²) in [6.07, 6.45) is -3.26. The minimum absolute atomic E-state index is 0.106.